The zero-order valence-electron chi connectivity index (χ0n) is 15.0. The molecule has 2 saturated heterocycles. The second-order valence-electron chi connectivity index (χ2n) is 8.68. The van der Waals surface area contributed by atoms with Gasteiger partial charge >= 0.3 is 0 Å². The quantitative estimate of drug-likeness (QED) is 0.914. The third-order valence-electron chi connectivity index (χ3n) is 7.04. The molecule has 5 rings (SSSR count). The van der Waals surface area contributed by atoms with Gasteiger partial charge in [0.25, 0.3) is 0 Å². The number of rotatable bonds is 3. The highest BCUT2D eigenvalue weighted by Crippen LogP contribution is 2.54. The summed E-state index contributed by atoms with van der Waals surface area (Å²) in [6.45, 7) is 5.05. The summed E-state index contributed by atoms with van der Waals surface area (Å²) >= 11 is 0. The van der Waals surface area contributed by atoms with E-state index in [1.54, 1.807) is 6.07 Å². The molecule has 1 N–H and O–H groups in total. The van der Waals surface area contributed by atoms with Crippen LogP contribution in [0.3, 0.4) is 0 Å². The number of benzene rings is 1. The van der Waals surface area contributed by atoms with E-state index in [0.717, 1.165) is 38.1 Å². The van der Waals surface area contributed by atoms with E-state index < -0.39 is 0 Å². The van der Waals surface area contributed by atoms with Gasteiger partial charge < -0.3 is 19.5 Å². The molecule has 1 spiro atoms. The average Bonchev–Trinajstić information content (AvgIpc) is 3.33. The van der Waals surface area contributed by atoms with Crippen molar-refractivity contribution in [3.63, 3.8) is 0 Å². The van der Waals surface area contributed by atoms with Gasteiger partial charge in [-0.05, 0) is 61.8 Å². The fourth-order valence-corrected chi connectivity index (χ4v) is 5.58. The second kappa shape index (κ2) is 5.97. The largest absolute Gasteiger partial charge is 0.508 e. The maximum absolute atomic E-state index is 10.1. The van der Waals surface area contributed by atoms with Crippen molar-refractivity contribution in [2.45, 2.75) is 49.7 Å². The first-order valence-corrected chi connectivity index (χ1v) is 9.97. The molecule has 0 amide bonds. The second-order valence-corrected chi connectivity index (χ2v) is 8.68. The van der Waals surface area contributed by atoms with E-state index in [1.165, 1.54) is 31.5 Å². The lowest BCUT2D eigenvalue weighted by molar-refractivity contribution is -0.207. The third kappa shape index (κ3) is 2.88. The monoisotopic (exact) mass is 343 g/mol. The van der Waals surface area contributed by atoms with Gasteiger partial charge in [-0.2, -0.15) is 0 Å². The number of piperidine rings is 1. The van der Waals surface area contributed by atoms with Crippen molar-refractivity contribution in [1.82, 2.24) is 4.90 Å². The summed E-state index contributed by atoms with van der Waals surface area (Å²) in [4.78, 5) is 2.69. The Kier molecular flexibility index (Phi) is 3.84. The lowest BCUT2D eigenvalue weighted by atomic mass is 9.57. The van der Waals surface area contributed by atoms with E-state index in [1.807, 2.05) is 12.1 Å². The third-order valence-corrected chi connectivity index (χ3v) is 7.04. The molecule has 4 heteroatoms. The number of likely N-dealkylation sites (tertiary alicyclic amines) is 1. The SMILES string of the molecule is Oc1cccc([C@]23CCN(CC4CC4)CC2CCC2(C3)OCCO2)c1. The number of fused-ring (bicyclic) bond motifs is 1. The highest BCUT2D eigenvalue weighted by atomic mass is 16.7. The predicted octanol–water partition coefficient (Wildman–Crippen LogP) is 3.29. The van der Waals surface area contributed by atoms with Gasteiger partial charge in [0.2, 0.25) is 0 Å². The Morgan fingerprint density at radius 2 is 1.96 bits per heavy atom. The number of ether oxygens (including phenoxy) is 2. The Labute approximate surface area is 150 Å². The molecule has 2 heterocycles. The lowest BCUT2D eigenvalue weighted by Crippen LogP contribution is -2.57. The molecule has 4 aliphatic rings. The van der Waals surface area contributed by atoms with Crippen LogP contribution in [0.4, 0.5) is 0 Å². The van der Waals surface area contributed by atoms with Crippen molar-refractivity contribution >= 4 is 0 Å². The van der Waals surface area contributed by atoms with Crippen LogP contribution in [0.2, 0.25) is 0 Å². The van der Waals surface area contributed by atoms with Crippen LogP contribution in [0, 0.1) is 11.8 Å². The van der Waals surface area contributed by atoms with E-state index in [9.17, 15) is 5.11 Å². The molecule has 2 aliphatic heterocycles. The minimum Gasteiger partial charge on any atom is -0.508 e. The molecule has 1 aromatic rings. The van der Waals surface area contributed by atoms with E-state index in [-0.39, 0.29) is 11.2 Å². The van der Waals surface area contributed by atoms with Crippen LogP contribution in [0.15, 0.2) is 24.3 Å². The number of phenolic OH excluding ortho intramolecular Hbond substituents is 1. The fraction of sp³-hybridized carbons (Fsp3) is 0.714. The van der Waals surface area contributed by atoms with Crippen molar-refractivity contribution in [2.75, 3.05) is 32.8 Å². The van der Waals surface area contributed by atoms with Gasteiger partial charge in [0.05, 0.1) is 13.2 Å². The Bertz CT molecular complexity index is 638. The van der Waals surface area contributed by atoms with Crippen LogP contribution in [0.25, 0.3) is 0 Å². The normalized spacial score (nSPS) is 35.0. The first-order valence-electron chi connectivity index (χ1n) is 9.97. The van der Waals surface area contributed by atoms with Gasteiger partial charge in [-0.15, -0.1) is 0 Å². The molecule has 4 fully saturated rings. The van der Waals surface area contributed by atoms with Crippen molar-refractivity contribution in [2.24, 2.45) is 11.8 Å². The maximum atomic E-state index is 10.1. The van der Waals surface area contributed by atoms with Crippen LogP contribution in [-0.2, 0) is 14.9 Å². The minimum atomic E-state index is -0.388. The van der Waals surface area contributed by atoms with E-state index >= 15 is 0 Å². The molecule has 25 heavy (non-hydrogen) atoms. The first kappa shape index (κ1) is 16.1. The summed E-state index contributed by atoms with van der Waals surface area (Å²) < 4.78 is 12.2. The van der Waals surface area contributed by atoms with Gasteiger partial charge in [0.1, 0.15) is 5.75 Å². The standard InChI is InChI=1S/C21H29NO3/c23-19-3-1-2-17(12-19)20-8-9-22(13-16-4-5-16)14-18(20)6-7-21(15-20)24-10-11-25-21/h1-3,12,16,18,23H,4-11,13-15H2/t18?,20-/m1/s1. The molecule has 1 unspecified atom stereocenters. The lowest BCUT2D eigenvalue weighted by Gasteiger charge is -2.55. The number of hydrogen-bond donors (Lipinski definition) is 1. The van der Waals surface area contributed by atoms with Gasteiger partial charge in [0.15, 0.2) is 5.79 Å². The number of nitrogens with zero attached hydrogens (tertiary/aromatic N) is 1. The summed E-state index contributed by atoms with van der Waals surface area (Å²) in [5, 5.41) is 10.1. The van der Waals surface area contributed by atoms with Crippen LogP contribution in [0.1, 0.15) is 44.1 Å². The number of aromatic hydroxyl groups is 1. The molecule has 0 aromatic heterocycles. The van der Waals surface area contributed by atoms with Crippen molar-refractivity contribution in [3.05, 3.63) is 29.8 Å². The van der Waals surface area contributed by atoms with Crippen LogP contribution in [-0.4, -0.2) is 48.6 Å². The Balaban J connectivity index is 1.47. The van der Waals surface area contributed by atoms with Gasteiger partial charge in [-0.25, -0.2) is 0 Å². The summed E-state index contributed by atoms with van der Waals surface area (Å²) in [7, 11) is 0. The van der Waals surface area contributed by atoms with Crippen molar-refractivity contribution in [3.8, 4) is 5.75 Å². The van der Waals surface area contributed by atoms with Gasteiger partial charge in [0, 0.05) is 31.3 Å². The summed E-state index contributed by atoms with van der Waals surface area (Å²) in [6.07, 6.45) is 7.08. The molecule has 0 bridgehead atoms. The molecule has 136 valence electrons. The molecule has 0 radical (unpaired) electrons. The number of phenols is 1. The van der Waals surface area contributed by atoms with E-state index in [2.05, 4.69) is 11.0 Å². The smallest absolute Gasteiger partial charge is 0.169 e. The van der Waals surface area contributed by atoms with Crippen LogP contribution < -0.4 is 0 Å². The molecular weight excluding hydrogens is 314 g/mol. The predicted molar refractivity (Wildman–Crippen MR) is 95.5 cm³/mol. The highest BCUT2D eigenvalue weighted by molar-refractivity contribution is 5.35. The van der Waals surface area contributed by atoms with Gasteiger partial charge in [-0.1, -0.05) is 12.1 Å². The van der Waals surface area contributed by atoms with E-state index in [0.29, 0.717) is 24.9 Å². The van der Waals surface area contributed by atoms with Crippen molar-refractivity contribution < 1.29 is 14.6 Å². The minimum absolute atomic E-state index is 0.0708. The summed E-state index contributed by atoms with van der Waals surface area (Å²) in [5.74, 6) is 1.56. The van der Waals surface area contributed by atoms with Crippen LogP contribution >= 0.6 is 0 Å². The topological polar surface area (TPSA) is 41.9 Å². The Morgan fingerprint density at radius 1 is 1.12 bits per heavy atom. The molecule has 4 nitrogen and oxygen atoms in total. The molecule has 1 aromatic carbocycles. The summed E-state index contributed by atoms with van der Waals surface area (Å²) in [6, 6.07) is 7.96. The number of hydrogen-bond acceptors (Lipinski definition) is 4. The molecule has 2 saturated carbocycles. The van der Waals surface area contributed by atoms with Gasteiger partial charge in [-0.3, -0.25) is 0 Å². The Hall–Kier alpha value is -1.10. The zero-order valence-corrected chi connectivity index (χ0v) is 15.0. The average molecular weight is 343 g/mol. The highest BCUT2D eigenvalue weighted by Gasteiger charge is 2.55. The van der Waals surface area contributed by atoms with Crippen LogP contribution in [0.5, 0.6) is 5.75 Å². The molecular formula is C21H29NO3. The summed E-state index contributed by atoms with van der Waals surface area (Å²) in [5.41, 5.74) is 1.35. The Morgan fingerprint density at radius 3 is 2.72 bits per heavy atom. The fourth-order valence-electron chi connectivity index (χ4n) is 5.58. The van der Waals surface area contributed by atoms with E-state index in [4.69, 9.17) is 9.47 Å². The molecule has 2 atom stereocenters. The zero-order chi connectivity index (χ0) is 16.9. The first-order chi connectivity index (χ1) is 12.2. The van der Waals surface area contributed by atoms with Crippen molar-refractivity contribution in [1.29, 1.82) is 0 Å². The molecule has 2 aliphatic carbocycles. The maximum Gasteiger partial charge on any atom is 0.169 e.